The minimum absolute atomic E-state index is 0.0419. The number of hydrogen-bond donors (Lipinski definition) is 2. The fourth-order valence-corrected chi connectivity index (χ4v) is 6.99. The Morgan fingerprint density at radius 1 is 1.18 bits per heavy atom. The summed E-state index contributed by atoms with van der Waals surface area (Å²) >= 11 is 0. The van der Waals surface area contributed by atoms with Gasteiger partial charge in [-0.15, -0.1) is 0 Å². The molecule has 4 aromatic heterocycles. The number of aliphatic hydroxyl groups is 1. The number of rotatable bonds is 5. The number of nitrogens with two attached hydrogens (primary N) is 1. The SMILES string of the molecule is [2H]C([2H])([2H])n1ccc(-c2ccc(-c3cnn4c(N)c(S(C)(=O)=O)c([C@H]5C[C@H]6CC[C@@H](C5)N6C(=O)CO)nc34)cn2)n1. The molecule has 3 atom stereocenters. The lowest BCUT2D eigenvalue weighted by atomic mass is 9.87. The number of carbonyl (C=O) groups excluding carboxylic acids is 1. The van der Waals surface area contributed by atoms with Gasteiger partial charge >= 0.3 is 0 Å². The van der Waals surface area contributed by atoms with E-state index in [0.717, 1.165) is 23.8 Å². The summed E-state index contributed by atoms with van der Waals surface area (Å²) in [4.78, 5) is 23.3. The molecule has 0 saturated carbocycles. The maximum absolute atomic E-state index is 13.0. The van der Waals surface area contributed by atoms with Gasteiger partial charge in [-0.05, 0) is 37.8 Å². The first kappa shape index (κ1) is 21.1. The molecule has 0 spiro atoms. The first-order valence-electron chi connectivity index (χ1n) is 13.7. The van der Waals surface area contributed by atoms with Crippen LogP contribution in [0.15, 0.2) is 41.7 Å². The van der Waals surface area contributed by atoms with Crippen molar-refractivity contribution in [2.75, 3.05) is 18.6 Å². The Hall–Kier alpha value is -3.84. The van der Waals surface area contributed by atoms with E-state index in [4.69, 9.17) is 14.8 Å². The molecule has 13 heteroatoms. The van der Waals surface area contributed by atoms with Crippen LogP contribution in [0.25, 0.3) is 28.2 Å². The molecular weight excluding hydrogens is 508 g/mol. The number of aliphatic hydroxyl groups excluding tert-OH is 1. The number of anilines is 1. The van der Waals surface area contributed by atoms with Gasteiger partial charge in [0, 0.05) is 58.9 Å². The quantitative estimate of drug-likeness (QED) is 0.382. The molecule has 0 radical (unpaired) electrons. The third-order valence-corrected chi connectivity index (χ3v) is 8.66. The number of nitrogens with zero attached hydrogens (tertiary/aromatic N) is 7. The van der Waals surface area contributed by atoms with Gasteiger partial charge in [-0.2, -0.15) is 14.7 Å². The number of aromatic nitrogens is 6. The highest BCUT2D eigenvalue weighted by atomic mass is 32.2. The van der Waals surface area contributed by atoms with Crippen molar-refractivity contribution in [2.24, 2.45) is 6.98 Å². The van der Waals surface area contributed by atoms with Gasteiger partial charge in [0.05, 0.1) is 17.6 Å². The second-order valence-corrected chi connectivity index (χ2v) is 11.8. The van der Waals surface area contributed by atoms with E-state index in [2.05, 4.69) is 15.2 Å². The summed E-state index contributed by atoms with van der Waals surface area (Å²) in [5.41, 5.74) is 9.26. The number of fused-ring (bicyclic) bond motifs is 3. The Labute approximate surface area is 223 Å². The zero-order valence-corrected chi connectivity index (χ0v) is 21.3. The van der Waals surface area contributed by atoms with Crippen LogP contribution < -0.4 is 5.73 Å². The first-order chi connectivity index (χ1) is 19.4. The Morgan fingerprint density at radius 3 is 2.55 bits per heavy atom. The summed E-state index contributed by atoms with van der Waals surface area (Å²) in [6, 6.07) is 4.82. The summed E-state index contributed by atoms with van der Waals surface area (Å²) in [5.74, 6) is -0.620. The van der Waals surface area contributed by atoms with Crippen molar-refractivity contribution in [3.8, 4) is 22.5 Å². The second-order valence-electron chi connectivity index (χ2n) is 9.87. The molecule has 38 heavy (non-hydrogen) atoms. The number of aryl methyl sites for hydroxylation is 1. The van der Waals surface area contributed by atoms with Crippen LogP contribution in [0, 0.1) is 0 Å². The first-order valence-corrected chi connectivity index (χ1v) is 14.1. The summed E-state index contributed by atoms with van der Waals surface area (Å²) < 4.78 is 50.6. The molecule has 2 saturated heterocycles. The third kappa shape index (κ3) is 3.93. The Morgan fingerprint density at radius 2 is 1.95 bits per heavy atom. The molecule has 6 heterocycles. The zero-order valence-electron chi connectivity index (χ0n) is 23.5. The van der Waals surface area contributed by atoms with Gasteiger partial charge < -0.3 is 15.7 Å². The number of nitrogen functional groups attached to an aromatic ring is 1. The van der Waals surface area contributed by atoms with Crippen molar-refractivity contribution in [3.05, 3.63) is 42.5 Å². The number of pyridine rings is 1. The van der Waals surface area contributed by atoms with Crippen LogP contribution in [0.4, 0.5) is 5.82 Å². The van der Waals surface area contributed by atoms with Crippen molar-refractivity contribution < 1.29 is 22.4 Å². The molecule has 2 aliphatic rings. The van der Waals surface area contributed by atoms with Crippen molar-refractivity contribution in [1.29, 1.82) is 0 Å². The molecular formula is C25H28N8O4S. The van der Waals surface area contributed by atoms with E-state index < -0.39 is 23.4 Å². The summed E-state index contributed by atoms with van der Waals surface area (Å²) in [6.45, 7) is -2.95. The minimum Gasteiger partial charge on any atom is -0.387 e. The van der Waals surface area contributed by atoms with E-state index >= 15 is 0 Å². The molecule has 3 N–H and O–H groups in total. The molecule has 198 valence electrons. The van der Waals surface area contributed by atoms with Gasteiger partial charge in [0.2, 0.25) is 5.91 Å². The predicted octanol–water partition coefficient (Wildman–Crippen LogP) is 1.41. The lowest BCUT2D eigenvalue weighted by Crippen LogP contribution is -2.47. The molecule has 12 nitrogen and oxygen atoms in total. The van der Waals surface area contributed by atoms with E-state index in [1.807, 2.05) is 0 Å². The minimum atomic E-state index is -3.78. The molecule has 1 amide bonds. The normalized spacial score (nSPS) is 22.8. The average Bonchev–Trinajstić information content (AvgIpc) is 3.64. The van der Waals surface area contributed by atoms with E-state index in [1.54, 1.807) is 35.5 Å². The molecule has 4 aromatic rings. The molecule has 0 aliphatic carbocycles. The predicted molar refractivity (Wildman–Crippen MR) is 139 cm³/mol. The Kier molecular flexibility index (Phi) is 4.94. The van der Waals surface area contributed by atoms with Crippen LogP contribution in [0.3, 0.4) is 0 Å². The Balaban J connectivity index is 1.40. The second kappa shape index (κ2) is 8.88. The van der Waals surface area contributed by atoms with Gasteiger partial charge in [0.15, 0.2) is 15.5 Å². The molecule has 0 unspecified atom stereocenters. The maximum atomic E-state index is 13.0. The van der Waals surface area contributed by atoms with Crippen molar-refractivity contribution in [2.45, 2.75) is 48.6 Å². The van der Waals surface area contributed by atoms with E-state index in [1.165, 1.54) is 10.7 Å². The monoisotopic (exact) mass is 539 g/mol. The van der Waals surface area contributed by atoms with Crippen LogP contribution in [-0.2, 0) is 21.6 Å². The average molecular weight is 540 g/mol. The fourth-order valence-electron chi connectivity index (χ4n) is 5.93. The molecule has 2 fully saturated rings. The van der Waals surface area contributed by atoms with Crippen LogP contribution in [0.2, 0.25) is 0 Å². The molecule has 2 aliphatic heterocycles. The largest absolute Gasteiger partial charge is 0.387 e. The van der Waals surface area contributed by atoms with Gasteiger partial charge in [0.1, 0.15) is 23.0 Å². The summed E-state index contributed by atoms with van der Waals surface area (Å²) in [6.07, 6.45) is 8.16. The number of carbonyl (C=O) groups is 1. The smallest absolute Gasteiger partial charge is 0.248 e. The lowest BCUT2D eigenvalue weighted by Gasteiger charge is -2.39. The van der Waals surface area contributed by atoms with E-state index in [9.17, 15) is 18.3 Å². The third-order valence-electron chi connectivity index (χ3n) is 7.50. The molecule has 6 rings (SSSR count). The zero-order chi connectivity index (χ0) is 29.3. The van der Waals surface area contributed by atoms with Crippen molar-refractivity contribution in [1.82, 2.24) is 34.3 Å². The topological polar surface area (TPSA) is 162 Å². The standard InChI is InChI=1S/C25H28N8O4S/c1-31-8-7-20(30-31)19-6-3-14(11-27-19)18-12-28-33-24(26)23(38(2,36)37)22(29-25(18)33)15-9-16-4-5-17(10-15)32(16)21(35)13-34/h3,6-8,11-12,15-17,34H,4-5,9-10,13,26H2,1-2H3/t15-,16+,17-/i1D3. The maximum Gasteiger partial charge on any atom is 0.248 e. The van der Waals surface area contributed by atoms with Crippen LogP contribution in [-0.4, -0.2) is 78.6 Å². The van der Waals surface area contributed by atoms with E-state index in [-0.39, 0.29) is 34.6 Å². The van der Waals surface area contributed by atoms with Crippen LogP contribution in [0.1, 0.15) is 41.4 Å². The van der Waals surface area contributed by atoms with Crippen LogP contribution >= 0.6 is 0 Å². The fraction of sp³-hybridized carbons (Fsp3) is 0.400. The van der Waals surface area contributed by atoms with Crippen LogP contribution in [0.5, 0.6) is 0 Å². The number of hydrogen-bond acceptors (Lipinski definition) is 9. The highest BCUT2D eigenvalue weighted by Crippen LogP contribution is 2.45. The van der Waals surface area contributed by atoms with Gasteiger partial charge in [-0.1, -0.05) is 6.07 Å². The highest BCUT2D eigenvalue weighted by Gasteiger charge is 2.45. The molecule has 2 bridgehead atoms. The summed E-state index contributed by atoms with van der Waals surface area (Å²) in [5, 5.41) is 17.9. The van der Waals surface area contributed by atoms with Crippen molar-refractivity contribution >= 4 is 27.2 Å². The number of amides is 1. The van der Waals surface area contributed by atoms with Gasteiger partial charge in [-0.25, -0.2) is 13.4 Å². The number of piperidine rings is 1. The Bertz CT molecular complexity index is 1750. The van der Waals surface area contributed by atoms with Gasteiger partial charge in [0.25, 0.3) is 0 Å². The van der Waals surface area contributed by atoms with E-state index in [0.29, 0.717) is 46.7 Å². The number of sulfone groups is 1. The van der Waals surface area contributed by atoms with Crippen molar-refractivity contribution in [3.63, 3.8) is 0 Å². The molecule has 0 aromatic carbocycles. The lowest BCUT2D eigenvalue weighted by molar-refractivity contribution is -0.138. The van der Waals surface area contributed by atoms with Gasteiger partial charge in [-0.3, -0.25) is 14.5 Å². The highest BCUT2D eigenvalue weighted by molar-refractivity contribution is 7.91. The summed E-state index contributed by atoms with van der Waals surface area (Å²) in [7, 11) is -3.78.